The van der Waals surface area contributed by atoms with Gasteiger partial charge in [0.1, 0.15) is 11.5 Å². The Morgan fingerprint density at radius 2 is 1.42 bits per heavy atom. The van der Waals surface area contributed by atoms with Crippen molar-refractivity contribution < 1.29 is 19.1 Å². The largest absolute Gasteiger partial charge is 0.484 e. The second-order valence-electron chi connectivity index (χ2n) is 8.77. The van der Waals surface area contributed by atoms with Crippen LogP contribution in [0, 0.1) is 20.8 Å². The fourth-order valence-electron chi connectivity index (χ4n) is 2.96. The molecule has 0 aliphatic heterocycles. The molecule has 0 fully saturated rings. The monoisotopic (exact) mass is 426 g/mol. The maximum Gasteiger partial charge on any atom is 0.258 e. The molecule has 0 saturated heterocycles. The Labute approximate surface area is 185 Å². The van der Waals surface area contributed by atoms with Crippen molar-refractivity contribution in [3.05, 3.63) is 58.7 Å². The summed E-state index contributed by atoms with van der Waals surface area (Å²) in [7, 11) is 0. The number of rotatable bonds is 9. The predicted molar refractivity (Wildman–Crippen MR) is 123 cm³/mol. The number of hydrogen-bond donors (Lipinski definition) is 2. The molecule has 2 aromatic carbocycles. The van der Waals surface area contributed by atoms with Gasteiger partial charge in [-0.1, -0.05) is 44.5 Å². The number of hydrogen-bond acceptors (Lipinski definition) is 4. The standard InChI is InChI=1S/C25H34N2O4/c1-17-7-10-22(21(13-17)25(4,5)6)31-16-24(29)27-12-11-26-23(28)15-30-20-9-8-18(2)19(3)14-20/h7-10,13-14H,11-12,15-16H2,1-6H3,(H,26,28)(H,27,29). The molecule has 2 aromatic rings. The molecule has 0 atom stereocenters. The zero-order chi connectivity index (χ0) is 23.0. The Morgan fingerprint density at radius 3 is 2.00 bits per heavy atom. The van der Waals surface area contributed by atoms with Gasteiger partial charge in [-0.2, -0.15) is 0 Å². The van der Waals surface area contributed by atoms with Crippen LogP contribution in [0.1, 0.15) is 43.0 Å². The highest BCUT2D eigenvalue weighted by Crippen LogP contribution is 2.32. The third kappa shape index (κ3) is 7.96. The molecule has 0 aliphatic carbocycles. The normalized spacial score (nSPS) is 11.0. The summed E-state index contributed by atoms with van der Waals surface area (Å²) in [4.78, 5) is 24.0. The summed E-state index contributed by atoms with van der Waals surface area (Å²) in [6.07, 6.45) is 0. The zero-order valence-corrected chi connectivity index (χ0v) is 19.4. The van der Waals surface area contributed by atoms with Gasteiger partial charge in [-0.15, -0.1) is 0 Å². The molecule has 168 valence electrons. The van der Waals surface area contributed by atoms with Crippen LogP contribution in [0.4, 0.5) is 0 Å². The maximum atomic E-state index is 12.1. The predicted octanol–water partition coefficient (Wildman–Crippen LogP) is 3.60. The minimum absolute atomic E-state index is 0.0669. The highest BCUT2D eigenvalue weighted by Gasteiger charge is 2.19. The summed E-state index contributed by atoms with van der Waals surface area (Å²) in [5, 5.41) is 5.47. The number of carbonyl (C=O) groups excluding carboxylic acids is 2. The molecule has 0 bridgehead atoms. The Bertz CT molecular complexity index is 916. The summed E-state index contributed by atoms with van der Waals surface area (Å²) in [6, 6.07) is 11.7. The van der Waals surface area contributed by atoms with Gasteiger partial charge in [0, 0.05) is 13.1 Å². The first-order valence-corrected chi connectivity index (χ1v) is 10.5. The average Bonchev–Trinajstić information content (AvgIpc) is 2.70. The Hall–Kier alpha value is -3.02. The summed E-state index contributed by atoms with van der Waals surface area (Å²) in [5.41, 5.74) is 4.42. The minimum Gasteiger partial charge on any atom is -0.484 e. The lowest BCUT2D eigenvalue weighted by Crippen LogP contribution is -2.38. The van der Waals surface area contributed by atoms with Crippen molar-refractivity contribution in [2.45, 2.75) is 47.0 Å². The molecule has 0 saturated carbocycles. The molecule has 0 radical (unpaired) electrons. The first-order valence-electron chi connectivity index (χ1n) is 10.5. The van der Waals surface area contributed by atoms with E-state index in [1.54, 1.807) is 0 Å². The van der Waals surface area contributed by atoms with Gasteiger partial charge in [0.05, 0.1) is 0 Å². The molecule has 0 aliphatic rings. The quantitative estimate of drug-likeness (QED) is 0.601. The number of carbonyl (C=O) groups is 2. The van der Waals surface area contributed by atoms with Crippen LogP contribution in [-0.2, 0) is 15.0 Å². The third-order valence-corrected chi connectivity index (χ3v) is 4.92. The first kappa shape index (κ1) is 24.3. The van der Waals surface area contributed by atoms with Crippen molar-refractivity contribution in [3.8, 4) is 11.5 Å². The minimum atomic E-state index is -0.238. The van der Waals surface area contributed by atoms with E-state index in [0.29, 0.717) is 24.6 Å². The van der Waals surface area contributed by atoms with E-state index in [2.05, 4.69) is 37.5 Å². The lowest BCUT2D eigenvalue weighted by molar-refractivity contribution is -0.124. The molecule has 31 heavy (non-hydrogen) atoms. The van der Waals surface area contributed by atoms with E-state index >= 15 is 0 Å². The van der Waals surface area contributed by atoms with E-state index in [1.165, 1.54) is 5.56 Å². The van der Waals surface area contributed by atoms with Gasteiger partial charge >= 0.3 is 0 Å². The Balaban J connectivity index is 1.68. The van der Waals surface area contributed by atoms with Crippen LogP contribution in [0.2, 0.25) is 0 Å². The fourth-order valence-corrected chi connectivity index (χ4v) is 2.96. The highest BCUT2D eigenvalue weighted by atomic mass is 16.5. The van der Waals surface area contributed by atoms with Gasteiger partial charge in [0.25, 0.3) is 11.8 Å². The number of nitrogens with one attached hydrogen (secondary N) is 2. The van der Waals surface area contributed by atoms with Crippen LogP contribution in [0.3, 0.4) is 0 Å². The lowest BCUT2D eigenvalue weighted by atomic mass is 9.85. The molecule has 6 heteroatoms. The highest BCUT2D eigenvalue weighted by molar-refractivity contribution is 5.78. The molecular weight excluding hydrogens is 392 g/mol. The summed E-state index contributed by atoms with van der Waals surface area (Å²) < 4.78 is 11.2. The third-order valence-electron chi connectivity index (χ3n) is 4.92. The maximum absolute atomic E-state index is 12.1. The van der Waals surface area contributed by atoms with Crippen LogP contribution < -0.4 is 20.1 Å². The van der Waals surface area contributed by atoms with E-state index in [0.717, 1.165) is 16.7 Å². The molecule has 2 amide bonds. The lowest BCUT2D eigenvalue weighted by Gasteiger charge is -2.23. The molecule has 0 aromatic heterocycles. The van der Waals surface area contributed by atoms with Crippen molar-refractivity contribution in [3.63, 3.8) is 0 Å². The van der Waals surface area contributed by atoms with Crippen molar-refractivity contribution >= 4 is 11.8 Å². The zero-order valence-electron chi connectivity index (χ0n) is 19.4. The van der Waals surface area contributed by atoms with Crippen molar-refractivity contribution in [2.75, 3.05) is 26.3 Å². The summed E-state index contributed by atoms with van der Waals surface area (Å²) in [5.74, 6) is 0.902. The van der Waals surface area contributed by atoms with Gasteiger partial charge in [-0.3, -0.25) is 9.59 Å². The van der Waals surface area contributed by atoms with E-state index in [9.17, 15) is 9.59 Å². The van der Waals surface area contributed by atoms with Crippen molar-refractivity contribution in [1.29, 1.82) is 0 Å². The van der Waals surface area contributed by atoms with Crippen LogP contribution in [0.15, 0.2) is 36.4 Å². The second-order valence-corrected chi connectivity index (χ2v) is 8.77. The Kier molecular flexibility index (Phi) is 8.48. The topological polar surface area (TPSA) is 76.7 Å². The molecule has 2 rings (SSSR count). The molecule has 0 spiro atoms. The van der Waals surface area contributed by atoms with Crippen molar-refractivity contribution in [2.24, 2.45) is 0 Å². The molecular formula is C25H34N2O4. The summed E-state index contributed by atoms with van der Waals surface area (Å²) in [6.45, 7) is 12.9. The Morgan fingerprint density at radius 1 is 0.806 bits per heavy atom. The van der Waals surface area contributed by atoms with Crippen LogP contribution in [0.5, 0.6) is 11.5 Å². The van der Waals surface area contributed by atoms with Gasteiger partial charge < -0.3 is 20.1 Å². The van der Waals surface area contributed by atoms with Gasteiger partial charge in [-0.05, 0) is 61.1 Å². The van der Waals surface area contributed by atoms with Crippen LogP contribution in [-0.4, -0.2) is 38.1 Å². The van der Waals surface area contributed by atoms with E-state index in [-0.39, 0.29) is 30.4 Å². The van der Waals surface area contributed by atoms with Gasteiger partial charge in [-0.25, -0.2) is 0 Å². The summed E-state index contributed by atoms with van der Waals surface area (Å²) >= 11 is 0. The van der Waals surface area contributed by atoms with Crippen molar-refractivity contribution in [1.82, 2.24) is 10.6 Å². The number of aryl methyl sites for hydroxylation is 3. The number of benzene rings is 2. The number of ether oxygens (including phenoxy) is 2. The average molecular weight is 427 g/mol. The molecule has 6 nitrogen and oxygen atoms in total. The van der Waals surface area contributed by atoms with Crippen LogP contribution in [0.25, 0.3) is 0 Å². The molecule has 0 unspecified atom stereocenters. The fraction of sp³-hybridized carbons (Fsp3) is 0.440. The number of amides is 2. The smallest absolute Gasteiger partial charge is 0.258 e. The SMILES string of the molecule is Cc1ccc(OCC(=O)NCCNC(=O)COc2ccc(C)c(C)c2)c(C(C)(C)C)c1. The van der Waals surface area contributed by atoms with E-state index in [4.69, 9.17) is 9.47 Å². The second kappa shape index (κ2) is 10.8. The van der Waals surface area contributed by atoms with E-state index in [1.807, 2.05) is 51.1 Å². The van der Waals surface area contributed by atoms with Crippen LogP contribution >= 0.6 is 0 Å². The molecule has 0 heterocycles. The van der Waals surface area contributed by atoms with Gasteiger partial charge in [0.2, 0.25) is 0 Å². The van der Waals surface area contributed by atoms with Gasteiger partial charge in [0.15, 0.2) is 13.2 Å². The first-order chi connectivity index (χ1) is 14.6. The molecule has 2 N–H and O–H groups in total. The van der Waals surface area contributed by atoms with E-state index < -0.39 is 0 Å².